The lowest BCUT2D eigenvalue weighted by Crippen LogP contribution is -2.44. The van der Waals surface area contributed by atoms with Gasteiger partial charge in [0.2, 0.25) is 11.8 Å². The van der Waals surface area contributed by atoms with Gasteiger partial charge in [0.1, 0.15) is 0 Å². The lowest BCUT2D eigenvalue weighted by atomic mass is 10.1. The van der Waals surface area contributed by atoms with E-state index in [2.05, 4.69) is 38.4 Å². The van der Waals surface area contributed by atoms with Gasteiger partial charge in [-0.2, -0.15) is 0 Å². The molecule has 1 aliphatic rings. The molecule has 1 amide bonds. The zero-order valence-corrected chi connectivity index (χ0v) is 18.0. The number of aromatic nitrogens is 2. The largest absolute Gasteiger partial charge is 0.411 e. The zero-order valence-electron chi connectivity index (χ0n) is 17.2. The van der Waals surface area contributed by atoms with Crippen molar-refractivity contribution in [3.05, 3.63) is 54.1 Å². The Labute approximate surface area is 180 Å². The lowest BCUT2D eigenvalue weighted by Gasteiger charge is -2.35. The number of thioether (sulfide) groups is 1. The number of piperazine rings is 1. The standard InChI is InChI=1S/C22H25N5O2S/c1-16-7-3-4-8-17(16)21-24-25-22(29-21)30-15-20(28)23-18-9-5-6-10-19(18)27-13-11-26(2)12-14-27/h3-10H,11-15H2,1-2H3,(H,23,28). The number of aryl methyl sites for hydroxylation is 1. The van der Waals surface area contributed by atoms with Crippen LogP contribution in [-0.2, 0) is 4.79 Å². The molecular weight excluding hydrogens is 398 g/mol. The molecule has 0 radical (unpaired) electrons. The fraction of sp³-hybridized carbons (Fsp3) is 0.318. The van der Waals surface area contributed by atoms with Gasteiger partial charge in [-0.1, -0.05) is 42.1 Å². The van der Waals surface area contributed by atoms with Crippen LogP contribution in [0, 0.1) is 6.92 Å². The molecule has 0 saturated carbocycles. The summed E-state index contributed by atoms with van der Waals surface area (Å²) in [6.07, 6.45) is 0. The smallest absolute Gasteiger partial charge is 0.277 e. The third-order valence-electron chi connectivity index (χ3n) is 5.13. The molecule has 1 fully saturated rings. The van der Waals surface area contributed by atoms with Gasteiger partial charge in [-0.3, -0.25) is 4.79 Å². The number of nitrogens with one attached hydrogen (secondary N) is 1. The first-order valence-electron chi connectivity index (χ1n) is 9.95. The molecule has 1 aliphatic heterocycles. The average Bonchev–Trinajstić information content (AvgIpc) is 3.23. The van der Waals surface area contributed by atoms with Crippen LogP contribution in [0.2, 0.25) is 0 Å². The second-order valence-corrected chi connectivity index (χ2v) is 8.26. The van der Waals surface area contributed by atoms with Crippen LogP contribution in [0.25, 0.3) is 11.5 Å². The fourth-order valence-corrected chi connectivity index (χ4v) is 3.97. The number of anilines is 2. The van der Waals surface area contributed by atoms with Crippen LogP contribution in [0.3, 0.4) is 0 Å². The Morgan fingerprint density at radius 1 is 1.07 bits per heavy atom. The monoisotopic (exact) mass is 423 g/mol. The number of hydrogen-bond donors (Lipinski definition) is 1. The molecule has 4 rings (SSSR count). The summed E-state index contributed by atoms with van der Waals surface area (Å²) in [7, 11) is 2.13. The number of carbonyl (C=O) groups excluding carboxylic acids is 1. The summed E-state index contributed by atoms with van der Waals surface area (Å²) in [4.78, 5) is 17.2. The minimum Gasteiger partial charge on any atom is -0.411 e. The zero-order chi connectivity index (χ0) is 20.9. The van der Waals surface area contributed by atoms with Gasteiger partial charge in [0, 0.05) is 31.7 Å². The first-order chi connectivity index (χ1) is 14.6. The topological polar surface area (TPSA) is 74.5 Å². The molecule has 156 valence electrons. The number of amides is 1. The second-order valence-electron chi connectivity index (χ2n) is 7.33. The van der Waals surface area contributed by atoms with Gasteiger partial charge in [-0.05, 0) is 37.7 Å². The first kappa shape index (κ1) is 20.4. The highest BCUT2D eigenvalue weighted by atomic mass is 32.2. The number of carbonyl (C=O) groups is 1. The van der Waals surface area contributed by atoms with Crippen LogP contribution in [-0.4, -0.2) is 60.0 Å². The van der Waals surface area contributed by atoms with E-state index in [-0.39, 0.29) is 11.7 Å². The number of likely N-dealkylation sites (N-methyl/N-ethyl adjacent to an activating group) is 1. The Morgan fingerprint density at radius 3 is 2.60 bits per heavy atom. The molecule has 0 atom stereocenters. The number of nitrogens with zero attached hydrogens (tertiary/aromatic N) is 4. The van der Waals surface area contributed by atoms with Crippen LogP contribution >= 0.6 is 11.8 Å². The normalized spacial score (nSPS) is 14.7. The number of benzene rings is 2. The molecule has 0 aliphatic carbocycles. The van der Waals surface area contributed by atoms with E-state index < -0.39 is 0 Å². The molecule has 8 heteroatoms. The van der Waals surface area contributed by atoms with Crippen LogP contribution in [0.5, 0.6) is 0 Å². The Morgan fingerprint density at radius 2 is 1.80 bits per heavy atom. The number of rotatable bonds is 6. The third kappa shape index (κ3) is 4.83. The Balaban J connectivity index is 1.37. The fourth-order valence-electron chi connectivity index (χ4n) is 3.41. The van der Waals surface area contributed by atoms with Crippen molar-refractivity contribution in [1.82, 2.24) is 15.1 Å². The van der Waals surface area contributed by atoms with Crippen LogP contribution in [0.1, 0.15) is 5.56 Å². The lowest BCUT2D eigenvalue weighted by molar-refractivity contribution is -0.113. The Bertz CT molecular complexity index is 1010. The quantitative estimate of drug-likeness (QED) is 0.608. The minimum atomic E-state index is -0.0998. The minimum absolute atomic E-state index is 0.0998. The number of para-hydroxylation sites is 2. The molecule has 1 N–H and O–H groups in total. The molecule has 3 aromatic rings. The summed E-state index contributed by atoms with van der Waals surface area (Å²) in [5.74, 6) is 0.570. The molecule has 2 aromatic carbocycles. The summed E-state index contributed by atoms with van der Waals surface area (Å²) in [5, 5.41) is 11.6. The van der Waals surface area contributed by atoms with E-state index >= 15 is 0 Å². The van der Waals surface area contributed by atoms with E-state index in [0.717, 1.165) is 48.7 Å². The second kappa shape index (κ2) is 9.32. The molecule has 1 aromatic heterocycles. The van der Waals surface area contributed by atoms with Crippen LogP contribution in [0.15, 0.2) is 58.2 Å². The van der Waals surface area contributed by atoms with Crippen molar-refractivity contribution >= 4 is 29.0 Å². The maximum absolute atomic E-state index is 12.6. The van der Waals surface area contributed by atoms with Crippen molar-refractivity contribution in [2.45, 2.75) is 12.1 Å². The SMILES string of the molecule is Cc1ccccc1-c1nnc(SCC(=O)Nc2ccccc2N2CCN(C)CC2)o1. The predicted octanol–water partition coefficient (Wildman–Crippen LogP) is 3.53. The van der Waals surface area contributed by atoms with Gasteiger partial charge >= 0.3 is 0 Å². The van der Waals surface area contributed by atoms with Crippen molar-refractivity contribution in [2.24, 2.45) is 0 Å². The van der Waals surface area contributed by atoms with Crippen molar-refractivity contribution in [2.75, 3.05) is 49.2 Å². The van der Waals surface area contributed by atoms with Gasteiger partial charge in [0.25, 0.3) is 5.22 Å². The predicted molar refractivity (Wildman–Crippen MR) is 120 cm³/mol. The summed E-state index contributed by atoms with van der Waals surface area (Å²) >= 11 is 1.24. The Hall–Kier alpha value is -2.84. The highest BCUT2D eigenvalue weighted by Gasteiger charge is 2.18. The van der Waals surface area contributed by atoms with Gasteiger partial charge in [0.15, 0.2) is 0 Å². The van der Waals surface area contributed by atoms with Gasteiger partial charge in [0.05, 0.1) is 17.1 Å². The van der Waals surface area contributed by atoms with E-state index in [9.17, 15) is 4.79 Å². The average molecular weight is 424 g/mol. The highest BCUT2D eigenvalue weighted by Crippen LogP contribution is 2.28. The van der Waals surface area contributed by atoms with Gasteiger partial charge < -0.3 is 19.5 Å². The molecular formula is C22H25N5O2S. The molecule has 0 spiro atoms. The van der Waals surface area contributed by atoms with E-state index in [1.54, 1.807) is 0 Å². The molecule has 2 heterocycles. The number of hydrogen-bond acceptors (Lipinski definition) is 7. The van der Waals surface area contributed by atoms with Crippen molar-refractivity contribution in [3.63, 3.8) is 0 Å². The molecule has 0 unspecified atom stereocenters. The maximum Gasteiger partial charge on any atom is 0.277 e. The summed E-state index contributed by atoms with van der Waals surface area (Å²) < 4.78 is 5.73. The first-order valence-corrected chi connectivity index (χ1v) is 10.9. The molecule has 7 nitrogen and oxygen atoms in total. The summed E-state index contributed by atoms with van der Waals surface area (Å²) in [5.41, 5.74) is 3.86. The molecule has 30 heavy (non-hydrogen) atoms. The highest BCUT2D eigenvalue weighted by molar-refractivity contribution is 7.99. The van der Waals surface area contributed by atoms with Crippen molar-refractivity contribution < 1.29 is 9.21 Å². The third-order valence-corrected chi connectivity index (χ3v) is 5.95. The van der Waals surface area contributed by atoms with E-state index in [4.69, 9.17) is 4.42 Å². The molecule has 0 bridgehead atoms. The van der Waals surface area contributed by atoms with Gasteiger partial charge in [-0.25, -0.2) is 0 Å². The van der Waals surface area contributed by atoms with Crippen molar-refractivity contribution in [3.8, 4) is 11.5 Å². The maximum atomic E-state index is 12.6. The van der Waals surface area contributed by atoms with E-state index in [1.165, 1.54) is 11.8 Å². The summed E-state index contributed by atoms with van der Waals surface area (Å²) in [6.45, 7) is 5.91. The summed E-state index contributed by atoms with van der Waals surface area (Å²) in [6, 6.07) is 15.8. The van der Waals surface area contributed by atoms with Crippen LogP contribution in [0.4, 0.5) is 11.4 Å². The molecule has 1 saturated heterocycles. The Kier molecular flexibility index (Phi) is 6.35. The van der Waals surface area contributed by atoms with Crippen LogP contribution < -0.4 is 10.2 Å². The van der Waals surface area contributed by atoms with E-state index in [1.807, 2.05) is 49.4 Å². The van der Waals surface area contributed by atoms with E-state index in [0.29, 0.717) is 11.1 Å². The van der Waals surface area contributed by atoms with Gasteiger partial charge in [-0.15, -0.1) is 10.2 Å². The van der Waals surface area contributed by atoms with Crippen molar-refractivity contribution in [1.29, 1.82) is 0 Å².